The first-order valence-electron chi connectivity index (χ1n) is 3.72. The summed E-state index contributed by atoms with van der Waals surface area (Å²) >= 11 is 5.19. The zero-order valence-electron chi connectivity index (χ0n) is 6.94. The maximum absolute atomic E-state index is 12.3. The minimum Gasteiger partial charge on any atom is -0.293 e. The van der Waals surface area contributed by atoms with E-state index in [9.17, 15) is 18.0 Å². The Labute approximate surface area is 83.5 Å². The van der Waals surface area contributed by atoms with Crippen molar-refractivity contribution in [1.82, 2.24) is 0 Å². The third-order valence-corrected chi connectivity index (χ3v) is 1.90. The van der Waals surface area contributed by atoms with E-state index in [1.54, 1.807) is 0 Å². The Morgan fingerprint density at radius 1 is 1.29 bits per heavy atom. The van der Waals surface area contributed by atoms with Gasteiger partial charge in [-0.25, -0.2) is 0 Å². The predicted octanol–water partition coefficient (Wildman–Crippen LogP) is 3.13. The summed E-state index contributed by atoms with van der Waals surface area (Å²) in [7, 11) is 0. The van der Waals surface area contributed by atoms with Gasteiger partial charge in [-0.15, -0.1) is 11.6 Å². The maximum Gasteiger partial charge on any atom is 0.417 e. The number of halogens is 4. The van der Waals surface area contributed by atoms with Gasteiger partial charge in [-0.3, -0.25) is 4.79 Å². The highest BCUT2D eigenvalue weighted by molar-refractivity contribution is 6.30. The molecule has 0 radical (unpaired) electrons. The molecule has 0 amide bonds. The van der Waals surface area contributed by atoms with Crippen LogP contribution in [0.25, 0.3) is 0 Å². The summed E-state index contributed by atoms with van der Waals surface area (Å²) in [6.45, 7) is 0. The summed E-state index contributed by atoms with van der Waals surface area (Å²) < 4.78 is 37.0. The fraction of sp³-hybridized carbons (Fsp3) is 0.222. The minimum atomic E-state index is -4.52. The maximum atomic E-state index is 12.3. The number of Topliss-reactive ketones (excluding diaryl/α,β-unsaturated/α-hetero) is 1. The summed E-state index contributed by atoms with van der Waals surface area (Å²) in [4.78, 5) is 11.0. The Kier molecular flexibility index (Phi) is 3.16. The second kappa shape index (κ2) is 4.00. The number of carbonyl (C=O) groups is 1. The van der Waals surface area contributed by atoms with Crippen molar-refractivity contribution >= 4 is 17.4 Å². The fourth-order valence-electron chi connectivity index (χ4n) is 1.05. The number of ketones is 1. The second-order valence-corrected chi connectivity index (χ2v) is 2.87. The number of alkyl halides is 4. The van der Waals surface area contributed by atoms with Crippen LogP contribution in [0.2, 0.25) is 0 Å². The average Bonchev–Trinajstić information content (AvgIpc) is 2.15. The summed E-state index contributed by atoms with van der Waals surface area (Å²) in [5.41, 5.74) is -1.32. The molecule has 0 saturated heterocycles. The molecule has 0 N–H and O–H groups in total. The number of hydrogen-bond acceptors (Lipinski definition) is 1. The summed E-state index contributed by atoms with van der Waals surface area (Å²) in [5, 5.41) is 0. The van der Waals surface area contributed by atoms with Gasteiger partial charge in [-0.1, -0.05) is 18.2 Å². The van der Waals surface area contributed by atoms with Crippen LogP contribution in [0, 0.1) is 0 Å². The smallest absolute Gasteiger partial charge is 0.293 e. The molecule has 0 bridgehead atoms. The predicted molar refractivity (Wildman–Crippen MR) is 46.5 cm³/mol. The standard InChI is InChI=1S/C9H6ClF3O/c10-5-8(14)6-3-1-2-4-7(6)9(11,12)13/h1-4H,5H2. The molecular formula is C9H6ClF3O. The lowest BCUT2D eigenvalue weighted by Crippen LogP contribution is -2.13. The Balaban J connectivity index is 3.23. The van der Waals surface area contributed by atoms with E-state index in [-0.39, 0.29) is 5.56 Å². The molecule has 0 spiro atoms. The average molecular weight is 223 g/mol. The van der Waals surface area contributed by atoms with E-state index in [1.165, 1.54) is 12.1 Å². The van der Waals surface area contributed by atoms with Gasteiger partial charge in [0.25, 0.3) is 0 Å². The van der Waals surface area contributed by atoms with Crippen molar-refractivity contribution < 1.29 is 18.0 Å². The van der Waals surface area contributed by atoms with Crippen molar-refractivity contribution in [1.29, 1.82) is 0 Å². The molecule has 76 valence electrons. The molecule has 14 heavy (non-hydrogen) atoms. The molecule has 1 nitrogen and oxygen atoms in total. The van der Waals surface area contributed by atoms with Crippen LogP contribution in [0.5, 0.6) is 0 Å². The third kappa shape index (κ3) is 2.26. The number of benzene rings is 1. The first-order valence-corrected chi connectivity index (χ1v) is 4.25. The van der Waals surface area contributed by atoms with Crippen LogP contribution in [-0.4, -0.2) is 11.7 Å². The highest BCUT2D eigenvalue weighted by Crippen LogP contribution is 2.31. The lowest BCUT2D eigenvalue weighted by Gasteiger charge is -2.10. The van der Waals surface area contributed by atoms with Crippen molar-refractivity contribution in [3.63, 3.8) is 0 Å². The van der Waals surface area contributed by atoms with Gasteiger partial charge in [-0.2, -0.15) is 13.2 Å². The summed E-state index contributed by atoms with van der Waals surface area (Å²) in [6.07, 6.45) is -4.52. The Bertz CT molecular complexity index is 346. The molecule has 1 aromatic rings. The molecule has 1 aromatic carbocycles. The second-order valence-electron chi connectivity index (χ2n) is 2.60. The highest BCUT2D eigenvalue weighted by atomic mass is 35.5. The Hall–Kier alpha value is -1.03. The monoisotopic (exact) mass is 222 g/mol. The van der Waals surface area contributed by atoms with E-state index in [4.69, 9.17) is 11.6 Å². The molecule has 0 saturated carbocycles. The van der Waals surface area contributed by atoms with Crippen LogP contribution in [0.3, 0.4) is 0 Å². The van der Waals surface area contributed by atoms with Gasteiger partial charge in [0, 0.05) is 5.56 Å². The van der Waals surface area contributed by atoms with Gasteiger partial charge in [0.15, 0.2) is 5.78 Å². The fourth-order valence-corrected chi connectivity index (χ4v) is 1.19. The first-order chi connectivity index (χ1) is 6.46. The van der Waals surface area contributed by atoms with Crippen LogP contribution in [-0.2, 0) is 6.18 Å². The normalized spacial score (nSPS) is 11.4. The van der Waals surface area contributed by atoms with Crippen LogP contribution in [0.4, 0.5) is 13.2 Å². The zero-order valence-corrected chi connectivity index (χ0v) is 7.69. The minimum absolute atomic E-state index is 0.380. The van der Waals surface area contributed by atoms with Crippen molar-refractivity contribution in [3.8, 4) is 0 Å². The zero-order chi connectivity index (χ0) is 10.8. The molecule has 0 aliphatic carbocycles. The van der Waals surface area contributed by atoms with Gasteiger partial charge in [0.2, 0.25) is 0 Å². The van der Waals surface area contributed by atoms with Gasteiger partial charge >= 0.3 is 6.18 Å². The molecule has 5 heteroatoms. The highest BCUT2D eigenvalue weighted by Gasteiger charge is 2.34. The number of carbonyl (C=O) groups excluding carboxylic acids is 1. The van der Waals surface area contributed by atoms with Gasteiger partial charge in [0.1, 0.15) is 0 Å². The van der Waals surface area contributed by atoms with E-state index in [1.807, 2.05) is 0 Å². The molecule has 0 aromatic heterocycles. The number of hydrogen-bond donors (Lipinski definition) is 0. The quantitative estimate of drug-likeness (QED) is 0.555. The molecule has 0 atom stereocenters. The Morgan fingerprint density at radius 3 is 2.36 bits per heavy atom. The lowest BCUT2D eigenvalue weighted by molar-refractivity contribution is -0.137. The molecule has 0 heterocycles. The first kappa shape index (κ1) is 11.0. The molecule has 0 unspecified atom stereocenters. The van der Waals surface area contributed by atoms with Crippen molar-refractivity contribution in [2.75, 3.05) is 5.88 Å². The molecule has 0 aliphatic rings. The summed E-state index contributed by atoms with van der Waals surface area (Å²) in [6, 6.07) is 4.58. The van der Waals surface area contributed by atoms with Crippen LogP contribution in [0.15, 0.2) is 24.3 Å². The third-order valence-electron chi connectivity index (χ3n) is 1.65. The van der Waals surface area contributed by atoms with E-state index in [0.717, 1.165) is 12.1 Å². The van der Waals surface area contributed by atoms with Crippen molar-refractivity contribution in [3.05, 3.63) is 35.4 Å². The van der Waals surface area contributed by atoms with Crippen molar-refractivity contribution in [2.24, 2.45) is 0 Å². The Morgan fingerprint density at radius 2 is 1.86 bits per heavy atom. The van der Waals surface area contributed by atoms with Crippen LogP contribution >= 0.6 is 11.6 Å². The van der Waals surface area contributed by atoms with Gasteiger partial charge in [0.05, 0.1) is 11.4 Å². The SMILES string of the molecule is O=C(CCl)c1ccccc1C(F)(F)F. The molecular weight excluding hydrogens is 217 g/mol. The molecule has 0 aliphatic heterocycles. The lowest BCUT2D eigenvalue weighted by atomic mass is 10.0. The molecule has 1 rings (SSSR count). The largest absolute Gasteiger partial charge is 0.417 e. The van der Waals surface area contributed by atoms with E-state index in [0.29, 0.717) is 0 Å². The van der Waals surface area contributed by atoms with E-state index < -0.39 is 23.4 Å². The summed E-state index contributed by atoms with van der Waals surface area (Å²) in [5.74, 6) is -1.17. The topological polar surface area (TPSA) is 17.1 Å². The number of rotatable bonds is 2. The van der Waals surface area contributed by atoms with Gasteiger partial charge < -0.3 is 0 Å². The van der Waals surface area contributed by atoms with Gasteiger partial charge in [-0.05, 0) is 6.07 Å². The molecule has 0 fully saturated rings. The van der Waals surface area contributed by atoms with E-state index >= 15 is 0 Å². The van der Waals surface area contributed by atoms with E-state index in [2.05, 4.69) is 0 Å². The van der Waals surface area contributed by atoms with Crippen LogP contribution < -0.4 is 0 Å². The van der Waals surface area contributed by atoms with Crippen LogP contribution in [0.1, 0.15) is 15.9 Å². The van der Waals surface area contributed by atoms with Crippen molar-refractivity contribution in [2.45, 2.75) is 6.18 Å².